The maximum absolute atomic E-state index is 14.0. The number of nitrogens with zero attached hydrogens (tertiary/aromatic N) is 2. The van der Waals surface area contributed by atoms with Crippen LogP contribution in [0.25, 0.3) is 11.0 Å². The Balaban J connectivity index is 1.92. The first-order chi connectivity index (χ1) is 17.5. The molecular formula is C25H22N2O9S. The summed E-state index contributed by atoms with van der Waals surface area (Å²) in [6.07, 6.45) is 5.85. The molecule has 4 rings (SSSR count). The van der Waals surface area contributed by atoms with Gasteiger partial charge in [-0.15, -0.1) is 0 Å². The predicted molar refractivity (Wildman–Crippen MR) is 134 cm³/mol. The third-order valence-corrected chi connectivity index (χ3v) is 7.27. The number of nitro benzene ring substituents is 1. The van der Waals surface area contributed by atoms with Gasteiger partial charge in [-0.05, 0) is 24.6 Å². The number of ketones is 1. The molecule has 0 fully saturated rings. The number of nitro groups is 2. The van der Waals surface area contributed by atoms with E-state index >= 15 is 0 Å². The normalized spacial score (nSPS) is 19.2. The summed E-state index contributed by atoms with van der Waals surface area (Å²) in [5.41, 5.74) is -2.07. The lowest BCUT2D eigenvalue weighted by molar-refractivity contribution is -0.549. The third-order valence-electron chi connectivity index (χ3n) is 6.27. The molecule has 12 heteroatoms. The molecule has 1 N–H and O–H groups in total. The van der Waals surface area contributed by atoms with Gasteiger partial charge in [-0.1, -0.05) is 49.8 Å². The van der Waals surface area contributed by atoms with Crippen molar-refractivity contribution in [3.8, 4) is 0 Å². The minimum atomic E-state index is -4.53. The molecule has 2 aromatic carbocycles. The van der Waals surface area contributed by atoms with Gasteiger partial charge in [-0.3, -0.25) is 29.6 Å². The van der Waals surface area contributed by atoms with Gasteiger partial charge in [0, 0.05) is 40.0 Å². The Morgan fingerprint density at radius 2 is 1.78 bits per heavy atom. The van der Waals surface area contributed by atoms with E-state index in [2.05, 4.69) is 0 Å². The maximum Gasteiger partial charge on any atom is 0.284 e. The lowest BCUT2D eigenvalue weighted by Crippen LogP contribution is -2.36. The third kappa shape index (κ3) is 4.68. The summed E-state index contributed by atoms with van der Waals surface area (Å²) in [6, 6.07) is 9.73. The van der Waals surface area contributed by atoms with Crippen LogP contribution in [-0.4, -0.2) is 33.9 Å². The average Bonchev–Trinajstić information content (AvgIpc) is 3.23. The van der Waals surface area contributed by atoms with Crippen molar-refractivity contribution in [3.63, 3.8) is 0 Å². The molecule has 37 heavy (non-hydrogen) atoms. The van der Waals surface area contributed by atoms with Crippen molar-refractivity contribution in [3.05, 3.63) is 109 Å². The maximum atomic E-state index is 14.0. The zero-order valence-corrected chi connectivity index (χ0v) is 20.4. The zero-order chi connectivity index (χ0) is 27.0. The van der Waals surface area contributed by atoms with Crippen LogP contribution >= 0.6 is 0 Å². The molecule has 0 unspecified atom stereocenters. The Morgan fingerprint density at radius 3 is 2.38 bits per heavy atom. The fourth-order valence-electron chi connectivity index (χ4n) is 4.38. The molecule has 3 aromatic rings. The van der Waals surface area contributed by atoms with E-state index in [9.17, 15) is 38.0 Å². The van der Waals surface area contributed by atoms with Crippen molar-refractivity contribution >= 4 is 32.6 Å². The first-order valence-electron chi connectivity index (χ1n) is 11.3. The minimum absolute atomic E-state index is 0.0347. The van der Waals surface area contributed by atoms with E-state index in [1.165, 1.54) is 42.5 Å². The van der Waals surface area contributed by atoms with Gasteiger partial charge in [0.05, 0.1) is 10.5 Å². The molecule has 0 atom stereocenters. The fourth-order valence-corrected chi connectivity index (χ4v) is 4.93. The molecule has 192 valence electrons. The van der Waals surface area contributed by atoms with Crippen molar-refractivity contribution < 1.29 is 32.0 Å². The van der Waals surface area contributed by atoms with E-state index in [1.54, 1.807) is 0 Å². The highest BCUT2D eigenvalue weighted by molar-refractivity contribution is 7.86. The van der Waals surface area contributed by atoms with E-state index in [4.69, 9.17) is 4.42 Å². The number of rotatable bonds is 9. The summed E-state index contributed by atoms with van der Waals surface area (Å²) in [5, 5.41) is 22.5. The van der Waals surface area contributed by atoms with Crippen LogP contribution in [0.4, 0.5) is 5.69 Å². The summed E-state index contributed by atoms with van der Waals surface area (Å²) < 4.78 is 38.3. The number of carbonyl (C=O) groups excluding carboxylic acids is 1. The lowest BCUT2D eigenvalue weighted by Gasteiger charge is -2.24. The van der Waals surface area contributed by atoms with Crippen LogP contribution < -0.4 is 0 Å². The molecule has 0 saturated heterocycles. The zero-order valence-electron chi connectivity index (χ0n) is 19.6. The summed E-state index contributed by atoms with van der Waals surface area (Å²) >= 11 is 0. The number of fused-ring (bicyclic) bond motifs is 1. The molecule has 0 amide bonds. The van der Waals surface area contributed by atoms with E-state index in [0.717, 1.165) is 30.7 Å². The van der Waals surface area contributed by atoms with Gasteiger partial charge < -0.3 is 4.42 Å². The van der Waals surface area contributed by atoms with E-state index in [-0.39, 0.29) is 33.3 Å². The van der Waals surface area contributed by atoms with Gasteiger partial charge in [-0.2, -0.15) is 8.42 Å². The molecule has 1 aliphatic carbocycles. The minimum Gasteiger partial charge on any atom is -0.460 e. The first-order valence-corrected chi connectivity index (χ1v) is 12.8. The number of unbranched alkanes of at least 4 members (excludes halogenated alkanes) is 1. The second-order valence-corrected chi connectivity index (χ2v) is 10.2. The van der Waals surface area contributed by atoms with Gasteiger partial charge in [0.15, 0.2) is 5.78 Å². The molecule has 11 nitrogen and oxygen atoms in total. The summed E-state index contributed by atoms with van der Waals surface area (Å²) in [4.78, 5) is 36.5. The number of furan rings is 1. The van der Waals surface area contributed by atoms with Crippen LogP contribution in [0.3, 0.4) is 0 Å². The van der Waals surface area contributed by atoms with Crippen LogP contribution in [-0.2, 0) is 22.1 Å². The number of carbonyl (C=O) groups is 1. The van der Waals surface area contributed by atoms with Crippen molar-refractivity contribution in [2.75, 3.05) is 0 Å². The molecule has 0 spiro atoms. The molecular weight excluding hydrogens is 504 g/mol. The van der Waals surface area contributed by atoms with Gasteiger partial charge in [0.1, 0.15) is 16.6 Å². The number of hydrogen-bond donors (Lipinski definition) is 1. The standard InChI is InChI=1S/C25H22N2O9S/c1-2-3-8-22-23(19-15-16(26(29)30)9-10-21(19)36-22)24(28)18-6-4-5-7-20(18)25(27(31)32)13-11-17(12-14-25)37(33,34)35/h4-7,9-15,17H,2-3,8H2,1H3,(H,33,34,35). The van der Waals surface area contributed by atoms with Crippen LogP contribution in [0.15, 0.2) is 71.2 Å². The number of hydrogen-bond acceptors (Lipinski definition) is 8. The van der Waals surface area contributed by atoms with E-state index in [1.807, 2.05) is 6.92 Å². The van der Waals surface area contributed by atoms with Crippen molar-refractivity contribution in [2.24, 2.45) is 0 Å². The van der Waals surface area contributed by atoms with Gasteiger partial charge >= 0.3 is 0 Å². The first kappa shape index (κ1) is 25.9. The highest BCUT2D eigenvalue weighted by atomic mass is 32.2. The van der Waals surface area contributed by atoms with Crippen LogP contribution in [0.2, 0.25) is 0 Å². The average molecular weight is 527 g/mol. The van der Waals surface area contributed by atoms with Gasteiger partial charge in [-0.25, -0.2) is 0 Å². The summed E-state index contributed by atoms with van der Waals surface area (Å²) in [6.45, 7) is 1.95. The molecule has 1 heterocycles. The molecule has 0 bridgehead atoms. The molecule has 1 aromatic heterocycles. The summed E-state index contributed by atoms with van der Waals surface area (Å²) in [5.74, 6) is -0.311. The molecule has 0 aliphatic heterocycles. The topological polar surface area (TPSA) is 171 Å². The molecule has 0 saturated carbocycles. The second-order valence-electron chi connectivity index (χ2n) is 8.60. The number of non-ortho nitro benzene ring substituents is 1. The molecule has 0 radical (unpaired) electrons. The van der Waals surface area contributed by atoms with Crippen LogP contribution in [0, 0.1) is 20.2 Å². The monoisotopic (exact) mass is 526 g/mol. The number of aryl methyl sites for hydroxylation is 1. The number of benzene rings is 2. The lowest BCUT2D eigenvalue weighted by atomic mass is 9.81. The summed E-state index contributed by atoms with van der Waals surface area (Å²) in [7, 11) is -4.53. The Labute approximate surface area is 211 Å². The Morgan fingerprint density at radius 1 is 1.11 bits per heavy atom. The van der Waals surface area contributed by atoms with Gasteiger partial charge in [0.25, 0.3) is 21.3 Å². The Kier molecular flexibility index (Phi) is 6.80. The van der Waals surface area contributed by atoms with Crippen molar-refractivity contribution in [1.29, 1.82) is 0 Å². The Hall–Kier alpha value is -4.16. The van der Waals surface area contributed by atoms with Gasteiger partial charge in [0.2, 0.25) is 0 Å². The van der Waals surface area contributed by atoms with Crippen molar-refractivity contribution in [2.45, 2.75) is 37.0 Å². The SMILES string of the molecule is CCCCc1oc2ccc([N+](=O)[O-])cc2c1C(=O)c1ccccc1C1([N+](=O)[O-])C=CC(S(=O)(=O)O)C=C1. The fraction of sp³-hybridized carbons (Fsp3) is 0.240. The van der Waals surface area contributed by atoms with Crippen molar-refractivity contribution in [1.82, 2.24) is 0 Å². The highest BCUT2D eigenvalue weighted by Gasteiger charge is 2.45. The Bertz CT molecular complexity index is 1570. The van der Waals surface area contributed by atoms with E-state index in [0.29, 0.717) is 18.6 Å². The molecule has 1 aliphatic rings. The largest absolute Gasteiger partial charge is 0.460 e. The van der Waals surface area contributed by atoms with Crippen LogP contribution in [0.5, 0.6) is 0 Å². The second kappa shape index (κ2) is 9.71. The quantitative estimate of drug-likeness (QED) is 0.136. The predicted octanol–water partition coefficient (Wildman–Crippen LogP) is 4.77. The van der Waals surface area contributed by atoms with E-state index < -0.39 is 36.5 Å². The van der Waals surface area contributed by atoms with Crippen LogP contribution in [0.1, 0.15) is 47.0 Å². The smallest absolute Gasteiger partial charge is 0.284 e. The highest BCUT2D eigenvalue weighted by Crippen LogP contribution is 2.38.